The molecule has 1 aromatic carbocycles. The lowest BCUT2D eigenvalue weighted by molar-refractivity contribution is 0.580. The lowest BCUT2D eigenvalue weighted by Gasteiger charge is -2.08. The Labute approximate surface area is 131 Å². The Hall–Kier alpha value is -1.42. The van der Waals surface area contributed by atoms with Gasteiger partial charge in [0.2, 0.25) is 10.0 Å². The third kappa shape index (κ3) is 3.62. The Morgan fingerprint density at radius 2 is 2.24 bits per heavy atom. The first kappa shape index (κ1) is 16.0. The summed E-state index contributed by atoms with van der Waals surface area (Å²) in [6, 6.07) is 3.32. The summed E-state index contributed by atoms with van der Waals surface area (Å²) in [6.45, 7) is 1.92. The number of nitrogens with zero attached hydrogens (tertiary/aromatic N) is 1. The number of thiazole rings is 1. The second-order valence-electron chi connectivity index (χ2n) is 4.19. The number of rotatable bonds is 5. The van der Waals surface area contributed by atoms with Crippen molar-refractivity contribution in [3.8, 4) is 0 Å². The molecule has 0 saturated carbocycles. The van der Waals surface area contributed by atoms with Crippen molar-refractivity contribution in [1.82, 2.24) is 9.71 Å². The van der Waals surface area contributed by atoms with E-state index in [1.165, 1.54) is 17.4 Å². The van der Waals surface area contributed by atoms with Gasteiger partial charge in [-0.05, 0) is 25.1 Å². The predicted octanol–water partition coefficient (Wildman–Crippen LogP) is 1.70. The van der Waals surface area contributed by atoms with Crippen molar-refractivity contribution < 1.29 is 12.8 Å². The van der Waals surface area contributed by atoms with Crippen LogP contribution in [0.15, 0.2) is 28.6 Å². The highest BCUT2D eigenvalue weighted by atomic mass is 32.2. The van der Waals surface area contributed by atoms with Crippen LogP contribution in [0.3, 0.4) is 0 Å². The first-order valence-electron chi connectivity index (χ1n) is 5.79. The Morgan fingerprint density at radius 3 is 2.81 bits per heavy atom. The quantitative estimate of drug-likeness (QED) is 0.806. The van der Waals surface area contributed by atoms with Crippen LogP contribution in [0.2, 0.25) is 0 Å². The monoisotopic (exact) mass is 345 g/mol. The van der Waals surface area contributed by atoms with E-state index in [0.29, 0.717) is 0 Å². The molecule has 0 amide bonds. The van der Waals surface area contributed by atoms with Gasteiger partial charge < -0.3 is 5.73 Å². The van der Waals surface area contributed by atoms with Crippen LogP contribution in [-0.2, 0) is 16.6 Å². The van der Waals surface area contributed by atoms with Gasteiger partial charge in [-0.1, -0.05) is 12.2 Å². The van der Waals surface area contributed by atoms with Gasteiger partial charge in [-0.15, -0.1) is 11.3 Å². The van der Waals surface area contributed by atoms with E-state index in [2.05, 4.69) is 9.71 Å². The van der Waals surface area contributed by atoms with Gasteiger partial charge in [0.05, 0.1) is 16.1 Å². The van der Waals surface area contributed by atoms with Gasteiger partial charge in [0.25, 0.3) is 0 Å². The molecular weight excluding hydrogens is 333 g/mol. The Morgan fingerprint density at radius 1 is 1.52 bits per heavy atom. The van der Waals surface area contributed by atoms with Gasteiger partial charge in [-0.3, -0.25) is 0 Å². The van der Waals surface area contributed by atoms with Crippen LogP contribution in [-0.4, -0.2) is 18.4 Å². The number of aryl methyl sites for hydroxylation is 1. The highest BCUT2D eigenvalue weighted by Crippen LogP contribution is 2.17. The maximum atomic E-state index is 13.5. The molecule has 21 heavy (non-hydrogen) atoms. The fourth-order valence-corrected chi connectivity index (χ4v) is 3.59. The highest BCUT2D eigenvalue weighted by molar-refractivity contribution is 7.89. The molecule has 1 heterocycles. The van der Waals surface area contributed by atoms with Crippen molar-refractivity contribution in [3.63, 3.8) is 0 Å². The minimum Gasteiger partial charge on any atom is -0.389 e. The van der Waals surface area contributed by atoms with E-state index in [1.54, 1.807) is 12.4 Å². The molecule has 0 aliphatic heterocycles. The van der Waals surface area contributed by atoms with Crippen molar-refractivity contribution in [3.05, 3.63) is 45.7 Å². The summed E-state index contributed by atoms with van der Waals surface area (Å²) in [5, 5.41) is 0. The van der Waals surface area contributed by atoms with Gasteiger partial charge in [-0.25, -0.2) is 22.5 Å². The molecule has 112 valence electrons. The molecule has 1 aromatic heterocycles. The molecule has 0 aliphatic rings. The van der Waals surface area contributed by atoms with E-state index >= 15 is 0 Å². The Balaban J connectivity index is 2.26. The zero-order valence-corrected chi connectivity index (χ0v) is 13.4. The first-order chi connectivity index (χ1) is 9.81. The molecule has 0 bridgehead atoms. The van der Waals surface area contributed by atoms with Crippen LogP contribution in [0.5, 0.6) is 0 Å². The first-order valence-corrected chi connectivity index (χ1v) is 8.56. The van der Waals surface area contributed by atoms with Gasteiger partial charge in [-0.2, -0.15) is 0 Å². The van der Waals surface area contributed by atoms with Crippen LogP contribution in [0.25, 0.3) is 0 Å². The van der Waals surface area contributed by atoms with E-state index < -0.39 is 15.8 Å². The van der Waals surface area contributed by atoms with Crippen LogP contribution in [0.4, 0.5) is 4.39 Å². The van der Waals surface area contributed by atoms with Crippen molar-refractivity contribution in [2.45, 2.75) is 18.4 Å². The smallest absolute Gasteiger partial charge is 0.240 e. The minimum atomic E-state index is -3.78. The minimum absolute atomic E-state index is 0.0890. The second kappa shape index (κ2) is 6.14. The zero-order valence-electron chi connectivity index (χ0n) is 11.0. The summed E-state index contributed by atoms with van der Waals surface area (Å²) >= 11 is 6.05. The third-order valence-electron chi connectivity index (χ3n) is 2.78. The van der Waals surface area contributed by atoms with E-state index in [1.807, 2.05) is 0 Å². The van der Waals surface area contributed by atoms with Gasteiger partial charge in [0, 0.05) is 17.0 Å². The largest absolute Gasteiger partial charge is 0.389 e. The maximum absolute atomic E-state index is 13.5. The number of halogens is 1. The Bertz CT molecular complexity index is 787. The third-order valence-corrected chi connectivity index (χ3v) is 5.34. The van der Waals surface area contributed by atoms with E-state index in [0.717, 1.165) is 22.7 Å². The summed E-state index contributed by atoms with van der Waals surface area (Å²) < 4.78 is 40.3. The SMILES string of the molecule is Cc1ncsc1CNS(=O)(=O)c1ccc(F)c(C(N)=S)c1. The molecule has 5 nitrogen and oxygen atoms in total. The number of hydrogen-bond acceptors (Lipinski definition) is 5. The molecule has 0 atom stereocenters. The fraction of sp³-hybridized carbons (Fsp3) is 0.167. The average molecular weight is 345 g/mol. The second-order valence-corrected chi connectivity index (χ2v) is 7.34. The lowest BCUT2D eigenvalue weighted by atomic mass is 10.2. The van der Waals surface area contributed by atoms with Crippen LogP contribution in [0.1, 0.15) is 16.1 Å². The van der Waals surface area contributed by atoms with Crippen molar-refractivity contribution in [1.29, 1.82) is 0 Å². The van der Waals surface area contributed by atoms with Crippen molar-refractivity contribution in [2.75, 3.05) is 0 Å². The maximum Gasteiger partial charge on any atom is 0.240 e. The molecule has 3 N–H and O–H groups in total. The van der Waals surface area contributed by atoms with Gasteiger partial charge in [0.1, 0.15) is 10.8 Å². The highest BCUT2D eigenvalue weighted by Gasteiger charge is 2.17. The molecule has 0 saturated heterocycles. The molecule has 0 radical (unpaired) electrons. The Kier molecular flexibility index (Phi) is 4.67. The van der Waals surface area contributed by atoms with E-state index in [4.69, 9.17) is 18.0 Å². The summed E-state index contributed by atoms with van der Waals surface area (Å²) in [6.07, 6.45) is 0. The summed E-state index contributed by atoms with van der Waals surface area (Å²) in [7, 11) is -3.78. The number of aromatic nitrogens is 1. The number of hydrogen-bond donors (Lipinski definition) is 2. The van der Waals surface area contributed by atoms with Gasteiger partial charge >= 0.3 is 0 Å². The number of thiocarbonyl (C=S) groups is 1. The molecule has 2 aromatic rings. The predicted molar refractivity (Wildman–Crippen MR) is 83.2 cm³/mol. The number of sulfonamides is 1. The van der Waals surface area contributed by atoms with Crippen LogP contribution in [0, 0.1) is 12.7 Å². The number of nitrogens with one attached hydrogen (secondary N) is 1. The van der Waals surface area contributed by atoms with Crippen molar-refractivity contribution in [2.24, 2.45) is 5.73 Å². The molecule has 0 unspecified atom stereocenters. The standard InChI is InChI=1S/C12H12FN3O2S3/c1-7-11(20-6-15-7)5-16-21(17,18)8-2-3-10(13)9(4-8)12(14)19/h2-4,6,16H,5H2,1H3,(H2,14,19). The zero-order chi connectivity index (χ0) is 15.6. The normalized spacial score (nSPS) is 11.5. The van der Waals surface area contributed by atoms with Gasteiger partial charge in [0.15, 0.2) is 0 Å². The summed E-state index contributed by atoms with van der Waals surface area (Å²) in [4.78, 5) is 4.57. The molecule has 0 fully saturated rings. The van der Waals surface area contributed by atoms with E-state index in [9.17, 15) is 12.8 Å². The van der Waals surface area contributed by atoms with Crippen LogP contribution >= 0.6 is 23.6 Å². The fourth-order valence-electron chi connectivity index (χ4n) is 1.60. The summed E-state index contributed by atoms with van der Waals surface area (Å²) in [5.41, 5.74) is 7.68. The summed E-state index contributed by atoms with van der Waals surface area (Å²) in [5.74, 6) is -0.653. The lowest BCUT2D eigenvalue weighted by Crippen LogP contribution is -2.24. The van der Waals surface area contributed by atoms with E-state index in [-0.39, 0.29) is 22.0 Å². The molecule has 0 spiro atoms. The van der Waals surface area contributed by atoms with Crippen LogP contribution < -0.4 is 10.5 Å². The topological polar surface area (TPSA) is 85.1 Å². The number of nitrogens with two attached hydrogens (primary N) is 1. The molecule has 0 aliphatic carbocycles. The molecule has 9 heteroatoms. The molecule has 2 rings (SSSR count). The number of benzene rings is 1. The average Bonchev–Trinajstić information content (AvgIpc) is 2.82. The molecular formula is C12H12FN3O2S3. The van der Waals surface area contributed by atoms with Crippen molar-refractivity contribution >= 4 is 38.6 Å².